The van der Waals surface area contributed by atoms with Crippen LogP contribution in [0.5, 0.6) is 0 Å². The van der Waals surface area contributed by atoms with E-state index in [0.717, 1.165) is 10.1 Å². The van der Waals surface area contributed by atoms with E-state index in [2.05, 4.69) is 16.9 Å². The number of carboxylic acid groups (broad SMARTS) is 1. The number of benzene rings is 1. The van der Waals surface area contributed by atoms with Gasteiger partial charge in [-0.05, 0) is 18.1 Å². The fraction of sp³-hybridized carbons (Fsp3) is 0.238. The number of para-hydroxylation sites is 1. The molecule has 13 heteroatoms. The number of rotatable bonds is 4. The Bertz CT molecular complexity index is 1480. The van der Waals surface area contributed by atoms with E-state index < -0.39 is 11.6 Å². The number of aromatic nitrogens is 4. The van der Waals surface area contributed by atoms with Crippen molar-refractivity contribution in [3.8, 4) is 0 Å². The molecule has 1 atom stereocenters. The van der Waals surface area contributed by atoms with Crippen molar-refractivity contribution >= 4 is 28.1 Å². The maximum atomic E-state index is 11.6. The molecule has 3 heterocycles. The van der Waals surface area contributed by atoms with Crippen molar-refractivity contribution in [2.24, 2.45) is 14.1 Å². The second-order valence-electron chi connectivity index (χ2n) is 6.96. The zero-order valence-corrected chi connectivity index (χ0v) is 24.3. The zero-order chi connectivity index (χ0) is 23.6. The van der Waals surface area contributed by atoms with Gasteiger partial charge in [-0.25, -0.2) is 19.4 Å². The number of nitrogens with one attached hydrogen (secondary N) is 1. The van der Waals surface area contributed by atoms with Crippen molar-refractivity contribution < 1.29 is 52.2 Å². The van der Waals surface area contributed by atoms with Crippen molar-refractivity contribution in [3.63, 3.8) is 0 Å². The van der Waals surface area contributed by atoms with Gasteiger partial charge in [-0.2, -0.15) is 0 Å². The van der Waals surface area contributed by atoms with Gasteiger partial charge in [0.05, 0.1) is 6.33 Å². The van der Waals surface area contributed by atoms with Gasteiger partial charge in [0, 0.05) is 54.3 Å². The van der Waals surface area contributed by atoms with Gasteiger partial charge in [0.25, 0.3) is 5.56 Å². The molecule has 34 heavy (non-hydrogen) atoms. The predicted molar refractivity (Wildman–Crippen MR) is 118 cm³/mol. The summed E-state index contributed by atoms with van der Waals surface area (Å²) in [7, 11) is 4.55. The average molecular weight is 659 g/mol. The van der Waals surface area contributed by atoms with E-state index in [4.69, 9.17) is 14.3 Å². The number of nitrogens with zero attached hydrogens (tertiary/aromatic N) is 3. The average Bonchev–Trinajstić information content (AvgIpc) is 3.26. The van der Waals surface area contributed by atoms with E-state index in [1.54, 1.807) is 32.4 Å². The van der Waals surface area contributed by atoms with Crippen molar-refractivity contribution in [1.29, 1.82) is 0 Å². The van der Waals surface area contributed by atoms with Crippen LogP contribution in [-0.2, 0) is 52.9 Å². The number of aromatic amines is 1. The first kappa shape index (κ1) is 28.9. The van der Waals surface area contributed by atoms with Crippen LogP contribution in [0.25, 0.3) is 22.1 Å². The summed E-state index contributed by atoms with van der Waals surface area (Å²) < 4.78 is 12.5. The molecule has 0 saturated carbocycles. The van der Waals surface area contributed by atoms with Crippen LogP contribution in [0.2, 0.25) is 0 Å². The third-order valence-electron chi connectivity index (χ3n) is 4.88. The molecule has 178 valence electrons. The van der Waals surface area contributed by atoms with Crippen molar-refractivity contribution in [3.05, 3.63) is 79.9 Å². The Kier molecular flexibility index (Phi) is 10.1. The molecule has 4 rings (SSSR count). The summed E-state index contributed by atoms with van der Waals surface area (Å²) in [6.07, 6.45) is 1.60. The summed E-state index contributed by atoms with van der Waals surface area (Å²) in [5, 5.41) is 9.46. The number of H-pyrrole nitrogens is 1. The number of methoxy groups -OCH3 is 1. The number of hydrogen-bond acceptors (Lipinski definition) is 8. The Labute approximate surface area is 212 Å². The maximum Gasteiger partial charge on any atom is 0.351 e. The summed E-state index contributed by atoms with van der Waals surface area (Å²) >= 11 is 0. The molecule has 1 aromatic carbocycles. The van der Waals surface area contributed by atoms with Gasteiger partial charge in [-0.15, -0.1) is 0 Å². The standard InChI is InChI=1S/C14H13O5.C7H8N4O2.Hg.H2O/c1-8(18-2)6-9-4-3-5-10-7-11(13(15)16)14(17)19-12(9)10;1-10-5-4(8-3-9-5)6(12)11(2)7(10)13;;/h3-5,7-8H,1,6H2,2H3,(H,15,16);3H,1-2H3,(H,8,9);;1H2/q-1;;;/p-1/t8-;;;/m1.../s1. The van der Waals surface area contributed by atoms with E-state index in [1.165, 1.54) is 24.0 Å². The van der Waals surface area contributed by atoms with Crippen molar-refractivity contribution in [2.45, 2.75) is 12.5 Å². The molecule has 0 aliphatic carbocycles. The van der Waals surface area contributed by atoms with Crippen LogP contribution in [0.1, 0.15) is 15.9 Å². The smallest absolute Gasteiger partial charge is 0.351 e. The summed E-state index contributed by atoms with van der Waals surface area (Å²) in [5.41, 5.74) is -0.0810. The molecule has 0 fully saturated rings. The molecule has 4 aromatic rings. The number of hydrogen-bond donors (Lipinski definition) is 2. The molecule has 12 nitrogen and oxygen atoms in total. The fourth-order valence-electron chi connectivity index (χ4n) is 3.11. The van der Waals surface area contributed by atoms with Gasteiger partial charge in [-0.3, -0.25) is 13.9 Å². The number of ether oxygens (including phenoxy) is 1. The molecule has 0 unspecified atom stereocenters. The van der Waals surface area contributed by atoms with Gasteiger partial charge in [0.2, 0.25) is 0 Å². The molecule has 0 aliphatic rings. The quantitative estimate of drug-likeness (QED) is 0.181. The van der Waals surface area contributed by atoms with E-state index >= 15 is 0 Å². The number of imidazole rings is 1. The zero-order valence-electron chi connectivity index (χ0n) is 18.8. The minimum Gasteiger partial charge on any atom is -0.870 e. The number of carbonyl (C=O) groups is 1. The Balaban J connectivity index is 0.000000340. The molecule has 0 aliphatic heterocycles. The van der Waals surface area contributed by atoms with Crippen LogP contribution in [0.3, 0.4) is 0 Å². The van der Waals surface area contributed by atoms with Gasteiger partial charge in [0.15, 0.2) is 5.65 Å². The van der Waals surface area contributed by atoms with Gasteiger partial charge < -0.3 is 31.6 Å². The van der Waals surface area contributed by atoms with E-state index in [9.17, 15) is 19.2 Å². The van der Waals surface area contributed by atoms with Gasteiger partial charge >= 0.3 is 17.3 Å². The second kappa shape index (κ2) is 11.9. The van der Waals surface area contributed by atoms with E-state index in [0.29, 0.717) is 28.6 Å². The summed E-state index contributed by atoms with van der Waals surface area (Å²) in [6, 6.07) is 6.57. The summed E-state index contributed by atoms with van der Waals surface area (Å²) in [6.45, 7) is 3.79. The van der Waals surface area contributed by atoms with Crippen LogP contribution < -0.4 is 16.9 Å². The monoisotopic (exact) mass is 660 g/mol. The van der Waals surface area contributed by atoms with Crippen LogP contribution in [-0.4, -0.2) is 48.9 Å². The normalized spacial score (nSPS) is 11.2. The topological polar surface area (TPSA) is 179 Å². The molecular formula is C21H22HgN4O8-2. The molecule has 0 radical (unpaired) electrons. The second-order valence-corrected chi connectivity index (χ2v) is 6.96. The number of aryl methyl sites for hydroxylation is 1. The van der Waals surface area contributed by atoms with Crippen LogP contribution in [0.15, 0.2) is 49.4 Å². The minimum absolute atomic E-state index is 0. The first-order valence-corrected chi connectivity index (χ1v) is 9.39. The van der Waals surface area contributed by atoms with E-state index in [1.807, 2.05) is 0 Å². The predicted octanol–water partition coefficient (Wildman–Crippen LogP) is 0.664. The SMILES string of the molecule is Cn1c(=O)c2[nH]cnc2n(C)c1=O.[CH2-][C@H](Cc1cccc2cc(C(=O)O)c(=O)oc12)OC.[Hg].[OH-]. The molecule has 0 bridgehead atoms. The van der Waals surface area contributed by atoms with Crippen molar-refractivity contribution in [1.82, 2.24) is 19.1 Å². The maximum absolute atomic E-state index is 11.6. The Morgan fingerprint density at radius 3 is 2.56 bits per heavy atom. The number of aromatic carboxylic acids is 1. The largest absolute Gasteiger partial charge is 0.870 e. The summed E-state index contributed by atoms with van der Waals surface area (Å²) in [5.74, 6) is -1.30. The molecular weight excluding hydrogens is 637 g/mol. The van der Waals surface area contributed by atoms with Crippen LogP contribution in [0, 0.1) is 6.92 Å². The molecule has 3 aromatic heterocycles. The number of fused-ring (bicyclic) bond motifs is 2. The summed E-state index contributed by atoms with van der Waals surface area (Å²) in [4.78, 5) is 51.9. The minimum atomic E-state index is -1.30. The third-order valence-corrected chi connectivity index (χ3v) is 4.88. The van der Waals surface area contributed by atoms with Crippen molar-refractivity contribution in [2.75, 3.05) is 7.11 Å². The first-order valence-electron chi connectivity index (χ1n) is 9.39. The molecule has 0 amide bonds. The molecule has 0 spiro atoms. The Morgan fingerprint density at radius 2 is 1.94 bits per heavy atom. The van der Waals surface area contributed by atoms with E-state index in [-0.39, 0.29) is 56.1 Å². The Morgan fingerprint density at radius 1 is 1.26 bits per heavy atom. The first-order chi connectivity index (χ1) is 15.1. The number of carboxylic acids is 1. The van der Waals surface area contributed by atoms with Crippen LogP contribution in [0.4, 0.5) is 0 Å². The van der Waals surface area contributed by atoms with Crippen LogP contribution >= 0.6 is 0 Å². The van der Waals surface area contributed by atoms with Gasteiger partial charge in [0.1, 0.15) is 16.7 Å². The Hall–Kier alpha value is -3.09. The third kappa shape index (κ3) is 5.69. The fourth-order valence-corrected chi connectivity index (χ4v) is 3.11. The molecule has 0 saturated heterocycles. The molecule has 3 N–H and O–H groups in total. The van der Waals surface area contributed by atoms with Gasteiger partial charge in [-0.1, -0.05) is 24.3 Å².